The molecule has 0 bridgehead atoms. The summed E-state index contributed by atoms with van der Waals surface area (Å²) in [6, 6.07) is 0. The highest BCUT2D eigenvalue weighted by Crippen LogP contribution is 2.23. The first-order chi connectivity index (χ1) is 7.96. The van der Waals surface area contributed by atoms with Crippen molar-refractivity contribution in [1.82, 2.24) is 20.2 Å². The van der Waals surface area contributed by atoms with Crippen molar-refractivity contribution in [3.63, 3.8) is 0 Å². The number of anilines is 1. The largest absolute Gasteiger partial charge is 0.477 e. The van der Waals surface area contributed by atoms with E-state index in [2.05, 4.69) is 40.9 Å². The predicted molar refractivity (Wildman–Crippen MR) is 65.7 cm³/mol. The van der Waals surface area contributed by atoms with E-state index in [1.54, 1.807) is 6.20 Å². The summed E-state index contributed by atoms with van der Waals surface area (Å²) in [5, 5.41) is 7.40. The van der Waals surface area contributed by atoms with E-state index in [1.165, 1.54) is 0 Å². The van der Waals surface area contributed by atoms with Gasteiger partial charge in [-0.15, -0.1) is 0 Å². The Labute approximate surface area is 99.6 Å². The second kappa shape index (κ2) is 4.20. The fraction of sp³-hybridized carbons (Fsp3) is 0.545. The fourth-order valence-electron chi connectivity index (χ4n) is 1.39. The van der Waals surface area contributed by atoms with Crippen LogP contribution >= 0.6 is 0 Å². The van der Waals surface area contributed by atoms with E-state index >= 15 is 0 Å². The first-order valence-electron chi connectivity index (χ1n) is 5.55. The molecule has 0 atom stereocenters. The van der Waals surface area contributed by atoms with Gasteiger partial charge in [0.15, 0.2) is 5.65 Å². The summed E-state index contributed by atoms with van der Waals surface area (Å²) in [5.74, 6) is 0.679. The summed E-state index contributed by atoms with van der Waals surface area (Å²) in [7, 11) is 0. The molecule has 6 heteroatoms. The summed E-state index contributed by atoms with van der Waals surface area (Å²) in [4.78, 5) is 8.10. The van der Waals surface area contributed by atoms with Gasteiger partial charge in [-0.25, -0.2) is 0 Å². The number of H-pyrrole nitrogens is 1. The Bertz CT molecular complexity index is 514. The molecule has 92 valence electrons. The van der Waals surface area contributed by atoms with E-state index in [4.69, 9.17) is 10.5 Å². The molecule has 2 aromatic rings. The summed E-state index contributed by atoms with van der Waals surface area (Å²) in [6.45, 7) is 7.09. The van der Waals surface area contributed by atoms with E-state index in [9.17, 15) is 0 Å². The van der Waals surface area contributed by atoms with Crippen LogP contribution in [0.1, 0.15) is 27.2 Å². The van der Waals surface area contributed by atoms with Gasteiger partial charge < -0.3 is 10.5 Å². The number of rotatable bonds is 3. The standard InChI is InChI=1S/C11H17N5O/c1-11(2,3)4-5-17-9-7-6-13-16-8(7)14-10(12)15-9/h6H,4-5H2,1-3H3,(H3,12,13,14,15,16). The molecule has 0 spiro atoms. The lowest BCUT2D eigenvalue weighted by Crippen LogP contribution is -2.12. The van der Waals surface area contributed by atoms with Gasteiger partial charge in [0.2, 0.25) is 11.8 Å². The van der Waals surface area contributed by atoms with E-state index in [0.717, 1.165) is 11.8 Å². The minimum atomic E-state index is 0.188. The summed E-state index contributed by atoms with van der Waals surface area (Å²) in [6.07, 6.45) is 2.58. The van der Waals surface area contributed by atoms with Crippen molar-refractivity contribution in [2.24, 2.45) is 5.41 Å². The molecule has 0 saturated heterocycles. The molecule has 2 heterocycles. The smallest absolute Gasteiger partial charge is 0.229 e. The van der Waals surface area contributed by atoms with Gasteiger partial charge in [-0.05, 0) is 11.8 Å². The molecule has 0 saturated carbocycles. The molecule has 0 unspecified atom stereocenters. The lowest BCUT2D eigenvalue weighted by atomic mass is 9.93. The van der Waals surface area contributed by atoms with Gasteiger partial charge in [0, 0.05) is 0 Å². The summed E-state index contributed by atoms with van der Waals surface area (Å²) >= 11 is 0. The fourth-order valence-corrected chi connectivity index (χ4v) is 1.39. The van der Waals surface area contributed by atoms with Crippen LogP contribution in [-0.2, 0) is 0 Å². The Morgan fingerprint density at radius 3 is 2.82 bits per heavy atom. The number of nitrogens with zero attached hydrogens (tertiary/aromatic N) is 3. The molecule has 0 aliphatic carbocycles. The van der Waals surface area contributed by atoms with Crippen LogP contribution in [-0.4, -0.2) is 26.8 Å². The Kier molecular flexibility index (Phi) is 2.87. The van der Waals surface area contributed by atoms with Crippen LogP contribution in [0.15, 0.2) is 6.20 Å². The zero-order valence-electron chi connectivity index (χ0n) is 10.3. The zero-order valence-corrected chi connectivity index (χ0v) is 10.3. The molecule has 6 nitrogen and oxygen atoms in total. The van der Waals surface area contributed by atoms with Gasteiger partial charge in [0.05, 0.1) is 12.8 Å². The molecule has 0 radical (unpaired) electrons. The monoisotopic (exact) mass is 235 g/mol. The van der Waals surface area contributed by atoms with Crippen molar-refractivity contribution in [3.05, 3.63) is 6.20 Å². The number of aromatic amines is 1. The molecule has 2 rings (SSSR count). The zero-order chi connectivity index (χ0) is 12.5. The lowest BCUT2D eigenvalue weighted by Gasteiger charge is -2.17. The second-order valence-corrected chi connectivity index (χ2v) is 5.18. The van der Waals surface area contributed by atoms with Gasteiger partial charge in [0.1, 0.15) is 5.39 Å². The van der Waals surface area contributed by atoms with E-state index in [0.29, 0.717) is 18.1 Å². The molecule has 0 aromatic carbocycles. The molecule has 0 aliphatic rings. The quantitative estimate of drug-likeness (QED) is 0.845. The lowest BCUT2D eigenvalue weighted by molar-refractivity contribution is 0.239. The Hall–Kier alpha value is -1.85. The first kappa shape index (κ1) is 11.6. The highest BCUT2D eigenvalue weighted by molar-refractivity contribution is 5.80. The van der Waals surface area contributed by atoms with Crippen molar-refractivity contribution in [2.75, 3.05) is 12.3 Å². The van der Waals surface area contributed by atoms with Crippen LogP contribution in [0.5, 0.6) is 5.88 Å². The van der Waals surface area contributed by atoms with Crippen LogP contribution in [0.25, 0.3) is 11.0 Å². The number of nitrogens with one attached hydrogen (secondary N) is 1. The number of nitrogen functional groups attached to an aromatic ring is 1. The van der Waals surface area contributed by atoms with Crippen molar-refractivity contribution >= 4 is 17.0 Å². The third-order valence-electron chi connectivity index (χ3n) is 2.38. The third kappa shape index (κ3) is 2.83. The normalized spacial score (nSPS) is 11.9. The SMILES string of the molecule is CC(C)(C)CCOc1nc(N)nc2[nH]ncc12. The Morgan fingerprint density at radius 1 is 1.35 bits per heavy atom. The van der Waals surface area contributed by atoms with Crippen molar-refractivity contribution in [1.29, 1.82) is 0 Å². The third-order valence-corrected chi connectivity index (χ3v) is 2.38. The van der Waals surface area contributed by atoms with Gasteiger partial charge in [0.25, 0.3) is 0 Å². The van der Waals surface area contributed by atoms with Gasteiger partial charge in [-0.3, -0.25) is 5.10 Å². The number of ether oxygens (including phenoxy) is 1. The maximum absolute atomic E-state index is 5.64. The molecule has 0 amide bonds. The molecule has 0 fully saturated rings. The van der Waals surface area contributed by atoms with Crippen LogP contribution in [0.4, 0.5) is 5.95 Å². The summed E-state index contributed by atoms with van der Waals surface area (Å²) in [5.41, 5.74) is 6.42. The molecule has 2 aromatic heterocycles. The Balaban J connectivity index is 2.15. The highest BCUT2D eigenvalue weighted by atomic mass is 16.5. The molecule has 17 heavy (non-hydrogen) atoms. The number of hydrogen-bond acceptors (Lipinski definition) is 5. The average Bonchev–Trinajstić information content (AvgIpc) is 2.63. The Morgan fingerprint density at radius 2 is 2.12 bits per heavy atom. The van der Waals surface area contributed by atoms with Crippen molar-refractivity contribution in [3.8, 4) is 5.88 Å². The number of nitrogens with two attached hydrogens (primary N) is 1. The molecular weight excluding hydrogens is 218 g/mol. The predicted octanol–water partition coefficient (Wildman–Crippen LogP) is 1.75. The minimum Gasteiger partial charge on any atom is -0.477 e. The number of aromatic nitrogens is 4. The second-order valence-electron chi connectivity index (χ2n) is 5.18. The van der Waals surface area contributed by atoms with Crippen LogP contribution in [0.2, 0.25) is 0 Å². The number of fused-ring (bicyclic) bond motifs is 1. The van der Waals surface area contributed by atoms with Crippen LogP contribution in [0.3, 0.4) is 0 Å². The maximum Gasteiger partial charge on any atom is 0.229 e. The van der Waals surface area contributed by atoms with Crippen LogP contribution in [0, 0.1) is 5.41 Å². The van der Waals surface area contributed by atoms with E-state index < -0.39 is 0 Å². The van der Waals surface area contributed by atoms with Crippen molar-refractivity contribution in [2.45, 2.75) is 27.2 Å². The first-order valence-corrected chi connectivity index (χ1v) is 5.55. The van der Waals surface area contributed by atoms with E-state index in [-0.39, 0.29) is 11.4 Å². The number of hydrogen-bond donors (Lipinski definition) is 2. The molecule has 3 N–H and O–H groups in total. The van der Waals surface area contributed by atoms with Gasteiger partial charge in [-0.2, -0.15) is 15.1 Å². The average molecular weight is 235 g/mol. The van der Waals surface area contributed by atoms with Gasteiger partial charge >= 0.3 is 0 Å². The minimum absolute atomic E-state index is 0.188. The van der Waals surface area contributed by atoms with Crippen LogP contribution < -0.4 is 10.5 Å². The molecular formula is C11H17N5O. The van der Waals surface area contributed by atoms with Crippen molar-refractivity contribution < 1.29 is 4.74 Å². The topological polar surface area (TPSA) is 89.7 Å². The summed E-state index contributed by atoms with van der Waals surface area (Å²) < 4.78 is 5.64. The van der Waals surface area contributed by atoms with E-state index in [1.807, 2.05) is 0 Å². The molecule has 0 aliphatic heterocycles. The highest BCUT2D eigenvalue weighted by Gasteiger charge is 2.13. The van der Waals surface area contributed by atoms with Gasteiger partial charge in [-0.1, -0.05) is 20.8 Å². The maximum atomic E-state index is 5.64.